The molecule has 166 valence electrons. The van der Waals surface area contributed by atoms with Crippen molar-refractivity contribution >= 4 is 16.0 Å². The lowest BCUT2D eigenvalue weighted by Crippen LogP contribution is -2.49. The zero-order valence-electron chi connectivity index (χ0n) is 18.1. The van der Waals surface area contributed by atoms with E-state index in [4.69, 9.17) is 4.98 Å². The first-order valence-electron chi connectivity index (χ1n) is 10.9. The van der Waals surface area contributed by atoms with Crippen molar-refractivity contribution in [1.82, 2.24) is 14.3 Å². The van der Waals surface area contributed by atoms with E-state index in [0.29, 0.717) is 37.0 Å². The summed E-state index contributed by atoms with van der Waals surface area (Å²) in [6, 6.07) is 29.1. The molecule has 1 saturated heterocycles. The molecule has 0 amide bonds. The largest absolute Gasteiger partial charge is 0.338 e. The number of anilines is 1. The summed E-state index contributed by atoms with van der Waals surface area (Å²) in [4.78, 5) is 11.6. The number of nitrogens with zero attached hydrogens (tertiary/aromatic N) is 4. The van der Waals surface area contributed by atoms with E-state index in [2.05, 4.69) is 41.4 Å². The molecule has 33 heavy (non-hydrogen) atoms. The maximum atomic E-state index is 12.9. The Bertz CT molecular complexity index is 1320. The minimum absolute atomic E-state index is 0.329. The second kappa shape index (κ2) is 9.13. The van der Waals surface area contributed by atoms with Crippen LogP contribution >= 0.6 is 0 Å². The van der Waals surface area contributed by atoms with Gasteiger partial charge in [0.15, 0.2) is 0 Å². The summed E-state index contributed by atoms with van der Waals surface area (Å²) in [7, 11) is -3.48. The normalized spacial score (nSPS) is 14.8. The fraction of sp³-hybridized carbons (Fsp3) is 0.154. The van der Waals surface area contributed by atoms with Crippen LogP contribution in [0.25, 0.3) is 22.4 Å². The third-order valence-electron chi connectivity index (χ3n) is 5.83. The topological polar surface area (TPSA) is 66.4 Å². The molecule has 0 N–H and O–H groups in total. The lowest BCUT2D eigenvalue weighted by molar-refractivity contribution is 0.382. The molecule has 5 rings (SSSR count). The molecule has 0 aliphatic carbocycles. The Hall–Kier alpha value is -3.55. The number of hydrogen-bond acceptors (Lipinski definition) is 5. The van der Waals surface area contributed by atoms with Crippen LogP contribution in [-0.4, -0.2) is 48.9 Å². The monoisotopic (exact) mass is 456 g/mol. The lowest BCUT2D eigenvalue weighted by Gasteiger charge is -2.34. The summed E-state index contributed by atoms with van der Waals surface area (Å²) in [5.74, 6) is 0.622. The maximum absolute atomic E-state index is 12.9. The highest BCUT2D eigenvalue weighted by Gasteiger charge is 2.29. The SMILES string of the molecule is O=S(=O)(c1ccccc1)N1CCN(c2nccc(-c3ccc(-c4ccccc4)cc3)n2)CC1. The standard InChI is InChI=1S/C26H24N4O2S/c31-33(32,24-9-5-2-6-10-24)30-19-17-29(18-20-30)26-27-16-15-25(28-26)23-13-11-22(12-14-23)21-7-3-1-4-8-21/h1-16H,17-20H2. The van der Waals surface area contributed by atoms with E-state index in [1.54, 1.807) is 30.5 Å². The van der Waals surface area contributed by atoms with Gasteiger partial charge in [0.25, 0.3) is 0 Å². The van der Waals surface area contributed by atoms with Crippen LogP contribution in [0.15, 0.2) is 102 Å². The Labute approximate surface area is 194 Å². The number of rotatable bonds is 5. The molecule has 0 spiro atoms. The van der Waals surface area contributed by atoms with Crippen molar-refractivity contribution in [2.75, 3.05) is 31.1 Å². The van der Waals surface area contributed by atoms with Crippen LogP contribution in [0, 0.1) is 0 Å². The number of sulfonamides is 1. The van der Waals surface area contributed by atoms with Gasteiger partial charge in [0.1, 0.15) is 0 Å². The molecule has 0 bridgehead atoms. The molecule has 1 aliphatic heterocycles. The zero-order valence-corrected chi connectivity index (χ0v) is 18.9. The number of hydrogen-bond donors (Lipinski definition) is 0. The molecule has 7 heteroatoms. The van der Waals surface area contributed by atoms with Crippen molar-refractivity contribution in [2.45, 2.75) is 4.90 Å². The molecule has 1 aliphatic rings. The van der Waals surface area contributed by atoms with Gasteiger partial charge in [0.2, 0.25) is 16.0 Å². The van der Waals surface area contributed by atoms with Crippen LogP contribution < -0.4 is 4.90 Å². The van der Waals surface area contributed by atoms with Gasteiger partial charge in [-0.05, 0) is 29.3 Å². The summed E-state index contributed by atoms with van der Waals surface area (Å²) in [5.41, 5.74) is 4.20. The molecular formula is C26H24N4O2S. The highest BCUT2D eigenvalue weighted by molar-refractivity contribution is 7.89. The van der Waals surface area contributed by atoms with E-state index in [1.165, 1.54) is 9.87 Å². The van der Waals surface area contributed by atoms with Crippen LogP contribution in [0.1, 0.15) is 0 Å². The third-order valence-corrected chi connectivity index (χ3v) is 7.75. The number of piperazine rings is 1. The van der Waals surface area contributed by atoms with Crippen molar-refractivity contribution in [1.29, 1.82) is 0 Å². The molecule has 0 radical (unpaired) electrons. The summed E-state index contributed by atoms with van der Waals surface area (Å²) >= 11 is 0. The Balaban J connectivity index is 1.29. The predicted octanol–water partition coefficient (Wildman–Crippen LogP) is 4.32. The van der Waals surface area contributed by atoms with Gasteiger partial charge in [-0.1, -0.05) is 72.8 Å². The molecule has 3 aromatic carbocycles. The molecule has 1 aromatic heterocycles. The fourth-order valence-corrected chi connectivity index (χ4v) is 5.44. The van der Waals surface area contributed by atoms with E-state index >= 15 is 0 Å². The minimum Gasteiger partial charge on any atom is -0.338 e. The highest BCUT2D eigenvalue weighted by atomic mass is 32.2. The first-order chi connectivity index (χ1) is 16.1. The van der Waals surface area contributed by atoms with Crippen molar-refractivity contribution in [3.8, 4) is 22.4 Å². The van der Waals surface area contributed by atoms with E-state index in [9.17, 15) is 8.42 Å². The number of aromatic nitrogens is 2. The van der Waals surface area contributed by atoms with Gasteiger partial charge in [0, 0.05) is 37.9 Å². The van der Waals surface area contributed by atoms with Gasteiger partial charge in [-0.2, -0.15) is 4.31 Å². The summed E-state index contributed by atoms with van der Waals surface area (Å²) in [6.07, 6.45) is 1.76. The van der Waals surface area contributed by atoms with Crippen LogP contribution in [-0.2, 0) is 10.0 Å². The van der Waals surface area contributed by atoms with Crippen LogP contribution in [0.5, 0.6) is 0 Å². The van der Waals surface area contributed by atoms with Crippen molar-refractivity contribution in [3.63, 3.8) is 0 Å². The molecule has 0 unspecified atom stereocenters. The van der Waals surface area contributed by atoms with Gasteiger partial charge in [0.05, 0.1) is 10.6 Å². The Morgan fingerprint density at radius 3 is 1.88 bits per heavy atom. The van der Waals surface area contributed by atoms with Crippen LogP contribution in [0.2, 0.25) is 0 Å². The van der Waals surface area contributed by atoms with E-state index in [0.717, 1.165) is 16.8 Å². The molecule has 1 fully saturated rings. The van der Waals surface area contributed by atoms with E-state index in [1.807, 2.05) is 35.2 Å². The van der Waals surface area contributed by atoms with Gasteiger partial charge < -0.3 is 4.90 Å². The first-order valence-corrected chi connectivity index (χ1v) is 12.3. The van der Waals surface area contributed by atoms with Gasteiger partial charge in [-0.15, -0.1) is 0 Å². The Morgan fingerprint density at radius 2 is 1.21 bits per heavy atom. The van der Waals surface area contributed by atoms with Crippen molar-refractivity contribution in [3.05, 3.63) is 97.2 Å². The second-order valence-corrected chi connectivity index (χ2v) is 9.83. The average molecular weight is 457 g/mol. The predicted molar refractivity (Wildman–Crippen MR) is 130 cm³/mol. The highest BCUT2D eigenvalue weighted by Crippen LogP contribution is 2.25. The van der Waals surface area contributed by atoms with Gasteiger partial charge >= 0.3 is 0 Å². The maximum Gasteiger partial charge on any atom is 0.243 e. The minimum atomic E-state index is -3.48. The van der Waals surface area contributed by atoms with E-state index < -0.39 is 10.0 Å². The summed E-state index contributed by atoms with van der Waals surface area (Å²) in [6.45, 7) is 1.89. The zero-order chi connectivity index (χ0) is 22.7. The van der Waals surface area contributed by atoms with Crippen molar-refractivity contribution in [2.24, 2.45) is 0 Å². The quantitative estimate of drug-likeness (QED) is 0.447. The lowest BCUT2D eigenvalue weighted by atomic mass is 10.0. The third kappa shape index (κ3) is 4.51. The van der Waals surface area contributed by atoms with E-state index in [-0.39, 0.29) is 0 Å². The summed E-state index contributed by atoms with van der Waals surface area (Å²) < 4.78 is 27.3. The molecule has 6 nitrogen and oxygen atoms in total. The molecule has 0 saturated carbocycles. The molecule has 0 atom stereocenters. The van der Waals surface area contributed by atoms with Gasteiger partial charge in [-0.3, -0.25) is 0 Å². The number of benzene rings is 3. The Morgan fingerprint density at radius 1 is 0.636 bits per heavy atom. The average Bonchev–Trinajstić information content (AvgIpc) is 2.90. The second-order valence-electron chi connectivity index (χ2n) is 7.89. The molecular weight excluding hydrogens is 432 g/mol. The molecule has 2 heterocycles. The summed E-state index contributed by atoms with van der Waals surface area (Å²) in [5, 5.41) is 0. The first kappa shape index (κ1) is 21.3. The van der Waals surface area contributed by atoms with Crippen molar-refractivity contribution < 1.29 is 8.42 Å². The smallest absolute Gasteiger partial charge is 0.243 e. The van der Waals surface area contributed by atoms with Crippen LogP contribution in [0.4, 0.5) is 5.95 Å². The molecule has 4 aromatic rings. The van der Waals surface area contributed by atoms with Crippen LogP contribution in [0.3, 0.4) is 0 Å². The fourth-order valence-electron chi connectivity index (χ4n) is 4.00. The Kier molecular flexibility index (Phi) is 5.90. The van der Waals surface area contributed by atoms with Gasteiger partial charge in [-0.25, -0.2) is 18.4 Å².